The Morgan fingerprint density at radius 3 is 3.00 bits per heavy atom. The Morgan fingerprint density at radius 1 is 1.78 bits per heavy atom. The van der Waals surface area contributed by atoms with Gasteiger partial charge >= 0.3 is 0 Å². The third-order valence-electron chi connectivity index (χ3n) is 1.07. The first-order valence-corrected chi connectivity index (χ1v) is 3.57. The van der Waals surface area contributed by atoms with Gasteiger partial charge in [0.25, 0.3) is 0 Å². The minimum Gasteiger partial charge on any atom is -0.321 e. The molecule has 0 aliphatic carbocycles. The number of alkyl halides is 1. The Labute approximate surface area is 57.3 Å². The fourth-order valence-corrected chi connectivity index (χ4v) is 1.29. The van der Waals surface area contributed by atoms with Crippen LogP contribution in [0.15, 0.2) is 17.5 Å². The van der Waals surface area contributed by atoms with E-state index in [-0.39, 0.29) is 0 Å². The molecule has 0 aliphatic heterocycles. The minimum absolute atomic E-state index is 0.412. The normalized spacial score (nSPS) is 13.6. The highest BCUT2D eigenvalue weighted by Gasteiger charge is 2.03. The van der Waals surface area contributed by atoms with Gasteiger partial charge in [-0.1, -0.05) is 6.07 Å². The van der Waals surface area contributed by atoms with E-state index in [1.54, 1.807) is 0 Å². The maximum atomic E-state index is 11.8. The van der Waals surface area contributed by atoms with E-state index < -0.39 is 12.7 Å². The van der Waals surface area contributed by atoms with Crippen molar-refractivity contribution in [2.24, 2.45) is 5.73 Å². The summed E-state index contributed by atoms with van der Waals surface area (Å²) in [6, 6.07) is 3.30. The van der Waals surface area contributed by atoms with E-state index in [1.165, 1.54) is 11.3 Å². The molecule has 0 unspecified atom stereocenters. The van der Waals surface area contributed by atoms with Crippen LogP contribution < -0.4 is 5.73 Å². The second kappa shape index (κ2) is 2.94. The maximum Gasteiger partial charge on any atom is 0.109 e. The van der Waals surface area contributed by atoms with Crippen molar-refractivity contribution in [1.82, 2.24) is 0 Å². The van der Waals surface area contributed by atoms with Crippen molar-refractivity contribution in [2.75, 3.05) is 6.67 Å². The fourth-order valence-electron chi connectivity index (χ4n) is 0.578. The molecule has 0 spiro atoms. The van der Waals surface area contributed by atoms with Gasteiger partial charge in [-0.2, -0.15) is 0 Å². The SMILES string of the molecule is N[C@H](CF)c1cccs1. The average molecular weight is 145 g/mol. The average Bonchev–Trinajstić information content (AvgIpc) is 2.37. The Balaban J connectivity index is 2.65. The fraction of sp³-hybridized carbons (Fsp3) is 0.333. The van der Waals surface area contributed by atoms with E-state index >= 15 is 0 Å². The van der Waals surface area contributed by atoms with Gasteiger partial charge in [-0.05, 0) is 11.4 Å². The molecule has 0 amide bonds. The Kier molecular flexibility index (Phi) is 2.19. The quantitative estimate of drug-likeness (QED) is 0.673. The summed E-state index contributed by atoms with van der Waals surface area (Å²) in [7, 11) is 0. The molecule has 0 saturated carbocycles. The van der Waals surface area contributed by atoms with Crippen LogP contribution in [0.4, 0.5) is 4.39 Å². The molecule has 0 fully saturated rings. The van der Waals surface area contributed by atoms with Crippen molar-refractivity contribution in [3.63, 3.8) is 0 Å². The summed E-state index contributed by atoms with van der Waals surface area (Å²) in [5.74, 6) is 0. The molecule has 9 heavy (non-hydrogen) atoms. The largest absolute Gasteiger partial charge is 0.321 e. The van der Waals surface area contributed by atoms with Gasteiger partial charge in [0.1, 0.15) is 6.67 Å². The number of rotatable bonds is 2. The summed E-state index contributed by atoms with van der Waals surface area (Å²) in [6.07, 6.45) is 0. The molecule has 0 radical (unpaired) electrons. The van der Waals surface area contributed by atoms with Crippen LogP contribution in [0.3, 0.4) is 0 Å². The second-order valence-corrected chi connectivity index (χ2v) is 2.76. The van der Waals surface area contributed by atoms with Gasteiger partial charge in [0, 0.05) is 4.88 Å². The second-order valence-electron chi connectivity index (χ2n) is 1.78. The summed E-state index contributed by atoms with van der Waals surface area (Å²) >= 11 is 1.49. The predicted molar refractivity (Wildman–Crippen MR) is 37.2 cm³/mol. The third-order valence-corrected chi connectivity index (χ3v) is 2.08. The minimum atomic E-state index is -0.472. The zero-order valence-corrected chi connectivity index (χ0v) is 5.70. The van der Waals surface area contributed by atoms with Crippen LogP contribution in [0, 0.1) is 0 Å². The molecule has 0 bridgehead atoms. The lowest BCUT2D eigenvalue weighted by Crippen LogP contribution is -2.09. The molecule has 1 atom stereocenters. The zero-order valence-electron chi connectivity index (χ0n) is 4.88. The molecule has 1 aromatic rings. The van der Waals surface area contributed by atoms with E-state index in [9.17, 15) is 4.39 Å². The van der Waals surface area contributed by atoms with Gasteiger partial charge in [-0.3, -0.25) is 0 Å². The monoisotopic (exact) mass is 145 g/mol. The number of halogens is 1. The van der Waals surface area contributed by atoms with Crippen molar-refractivity contribution in [3.05, 3.63) is 22.4 Å². The van der Waals surface area contributed by atoms with Crippen molar-refractivity contribution < 1.29 is 4.39 Å². The summed E-state index contributed by atoms with van der Waals surface area (Å²) in [5.41, 5.74) is 5.37. The topological polar surface area (TPSA) is 26.0 Å². The van der Waals surface area contributed by atoms with Crippen LogP contribution in [0.2, 0.25) is 0 Å². The zero-order chi connectivity index (χ0) is 6.69. The first kappa shape index (κ1) is 6.71. The predicted octanol–water partition coefficient (Wildman–Crippen LogP) is 1.72. The summed E-state index contributed by atoms with van der Waals surface area (Å²) < 4.78 is 11.8. The molecule has 3 heteroatoms. The maximum absolute atomic E-state index is 11.8. The van der Waals surface area contributed by atoms with Crippen LogP contribution in [0.1, 0.15) is 10.9 Å². The molecule has 0 aliphatic rings. The van der Waals surface area contributed by atoms with Gasteiger partial charge in [-0.25, -0.2) is 4.39 Å². The summed E-state index contributed by atoms with van der Waals surface area (Å²) in [6.45, 7) is -0.472. The van der Waals surface area contributed by atoms with Crippen LogP contribution in [0.5, 0.6) is 0 Å². The van der Waals surface area contributed by atoms with E-state index in [4.69, 9.17) is 5.73 Å². The van der Waals surface area contributed by atoms with Gasteiger partial charge in [0.05, 0.1) is 6.04 Å². The molecule has 1 rings (SSSR count). The van der Waals surface area contributed by atoms with E-state index in [0.29, 0.717) is 0 Å². The highest BCUT2D eigenvalue weighted by molar-refractivity contribution is 7.10. The van der Waals surface area contributed by atoms with Crippen molar-refractivity contribution >= 4 is 11.3 Å². The van der Waals surface area contributed by atoms with Crippen LogP contribution >= 0.6 is 11.3 Å². The van der Waals surface area contributed by atoms with Crippen LogP contribution in [0.25, 0.3) is 0 Å². The molecular weight excluding hydrogens is 137 g/mol. The lowest BCUT2D eigenvalue weighted by Gasteiger charge is -2.00. The van der Waals surface area contributed by atoms with Gasteiger partial charge in [0.2, 0.25) is 0 Å². The van der Waals surface area contributed by atoms with E-state index in [1.807, 2.05) is 17.5 Å². The molecule has 1 aromatic heterocycles. The van der Waals surface area contributed by atoms with Crippen LogP contribution in [-0.4, -0.2) is 6.67 Å². The first-order chi connectivity index (χ1) is 4.34. The Bertz CT molecular complexity index is 162. The Hall–Kier alpha value is -0.410. The summed E-state index contributed by atoms with van der Waals surface area (Å²) in [5, 5.41) is 1.89. The smallest absolute Gasteiger partial charge is 0.109 e. The van der Waals surface area contributed by atoms with Gasteiger partial charge in [0.15, 0.2) is 0 Å². The molecular formula is C6H8FNS. The molecule has 0 saturated heterocycles. The number of thiophene rings is 1. The highest BCUT2D eigenvalue weighted by atomic mass is 32.1. The van der Waals surface area contributed by atoms with Crippen molar-refractivity contribution in [3.8, 4) is 0 Å². The molecule has 2 N–H and O–H groups in total. The van der Waals surface area contributed by atoms with Crippen molar-refractivity contribution in [2.45, 2.75) is 6.04 Å². The lowest BCUT2D eigenvalue weighted by atomic mass is 10.3. The molecule has 1 heterocycles. The van der Waals surface area contributed by atoms with E-state index in [2.05, 4.69) is 0 Å². The highest BCUT2D eigenvalue weighted by Crippen LogP contribution is 2.16. The first-order valence-electron chi connectivity index (χ1n) is 2.69. The number of hydrogen-bond acceptors (Lipinski definition) is 2. The van der Waals surface area contributed by atoms with Crippen molar-refractivity contribution in [1.29, 1.82) is 0 Å². The van der Waals surface area contributed by atoms with E-state index in [0.717, 1.165) is 4.88 Å². The molecule has 1 nitrogen and oxygen atoms in total. The number of nitrogens with two attached hydrogens (primary N) is 1. The molecule has 50 valence electrons. The standard InChI is InChI=1S/C6H8FNS/c7-4-5(8)6-2-1-3-9-6/h1-3,5H,4,8H2/t5-/m1/s1. The number of hydrogen-bond donors (Lipinski definition) is 1. The van der Waals surface area contributed by atoms with Gasteiger partial charge < -0.3 is 5.73 Å². The molecule has 0 aromatic carbocycles. The summed E-state index contributed by atoms with van der Waals surface area (Å²) in [4.78, 5) is 0.914. The lowest BCUT2D eigenvalue weighted by molar-refractivity contribution is 0.440. The van der Waals surface area contributed by atoms with Gasteiger partial charge in [-0.15, -0.1) is 11.3 Å². The Morgan fingerprint density at radius 2 is 2.56 bits per heavy atom. The van der Waals surface area contributed by atoms with Crippen LogP contribution in [-0.2, 0) is 0 Å². The third kappa shape index (κ3) is 1.50.